The third-order valence-electron chi connectivity index (χ3n) is 7.01. The summed E-state index contributed by atoms with van der Waals surface area (Å²) in [5.41, 5.74) is 3.55. The number of alkyl halides is 2. The van der Waals surface area contributed by atoms with Crippen LogP contribution in [0.15, 0.2) is 48.9 Å². The van der Waals surface area contributed by atoms with E-state index < -0.39 is 42.9 Å². The highest BCUT2D eigenvalue weighted by atomic mass is 32.1. The van der Waals surface area contributed by atoms with Crippen LogP contribution in [0.25, 0.3) is 31.8 Å². The molecule has 2 atom stereocenters. The molecule has 0 spiro atoms. The molecule has 1 aliphatic carbocycles. The van der Waals surface area contributed by atoms with Crippen molar-refractivity contribution in [1.29, 1.82) is 5.26 Å². The Morgan fingerprint density at radius 3 is 2.75 bits per heavy atom. The molecule has 3 heterocycles. The standard InChI is InChI=1S/C30H23F3N6O4S/c1-15-5-18(27-21(6-15)38-26(41-2)14-36-27)28-39-20-8-19(31)23(9-25(20)44-28)42-24-10-30(32,33)4-3-22(24)43-29(40)37-17-7-16(11-34)12-35-13-17/h5-9,12-14,22,24H,3-4,10H2,1-2H3,(H,37,40)/t22-,24+/m0/s1. The van der Waals surface area contributed by atoms with Gasteiger partial charge in [-0.05, 0) is 37.1 Å². The van der Waals surface area contributed by atoms with Crippen molar-refractivity contribution >= 4 is 44.4 Å². The lowest BCUT2D eigenvalue weighted by Crippen LogP contribution is -2.45. The van der Waals surface area contributed by atoms with Gasteiger partial charge < -0.3 is 14.2 Å². The molecular formula is C30H23F3N6O4S. The number of methoxy groups -OCH3 is 1. The largest absolute Gasteiger partial charge is 0.483 e. The van der Waals surface area contributed by atoms with Crippen LogP contribution in [0.4, 0.5) is 23.7 Å². The van der Waals surface area contributed by atoms with Gasteiger partial charge in [-0.25, -0.2) is 32.9 Å². The number of aromatic nitrogens is 4. The zero-order valence-electron chi connectivity index (χ0n) is 23.3. The van der Waals surface area contributed by atoms with E-state index >= 15 is 4.39 Å². The average molecular weight is 621 g/mol. The number of hydrogen-bond acceptors (Lipinski definition) is 10. The fourth-order valence-electron chi connectivity index (χ4n) is 4.98. The van der Waals surface area contributed by atoms with Crippen molar-refractivity contribution in [2.75, 3.05) is 12.4 Å². The third-order valence-corrected chi connectivity index (χ3v) is 8.06. The third kappa shape index (κ3) is 6.04. The Balaban J connectivity index is 1.27. The van der Waals surface area contributed by atoms with E-state index in [2.05, 4.69) is 25.3 Å². The number of aryl methyl sites for hydroxylation is 1. The molecule has 0 bridgehead atoms. The first kappa shape index (κ1) is 29.1. The molecule has 3 aromatic heterocycles. The summed E-state index contributed by atoms with van der Waals surface area (Å²) in [6.07, 6.45) is -0.769. The summed E-state index contributed by atoms with van der Waals surface area (Å²) >= 11 is 1.26. The van der Waals surface area contributed by atoms with Crippen molar-refractivity contribution in [3.8, 4) is 28.3 Å². The molecule has 10 nitrogen and oxygen atoms in total. The second-order valence-corrected chi connectivity index (χ2v) is 11.3. The van der Waals surface area contributed by atoms with Gasteiger partial charge in [0, 0.05) is 30.3 Å². The first-order valence-corrected chi connectivity index (χ1v) is 14.2. The van der Waals surface area contributed by atoms with Crippen LogP contribution in [-0.4, -0.2) is 51.3 Å². The van der Waals surface area contributed by atoms with Gasteiger partial charge in [0.15, 0.2) is 11.6 Å². The van der Waals surface area contributed by atoms with Crippen molar-refractivity contribution < 1.29 is 32.2 Å². The number of carbonyl (C=O) groups excluding carboxylic acids is 1. The van der Waals surface area contributed by atoms with E-state index in [1.165, 1.54) is 55.2 Å². The number of benzene rings is 2. The molecule has 14 heteroatoms. The van der Waals surface area contributed by atoms with Crippen molar-refractivity contribution in [1.82, 2.24) is 19.9 Å². The molecule has 1 amide bonds. The Labute approximate surface area is 252 Å². The van der Waals surface area contributed by atoms with E-state index in [4.69, 9.17) is 19.5 Å². The smallest absolute Gasteiger partial charge is 0.412 e. The second-order valence-electron chi connectivity index (χ2n) is 10.3. The van der Waals surface area contributed by atoms with Gasteiger partial charge >= 0.3 is 6.09 Å². The number of thiazole rings is 1. The summed E-state index contributed by atoms with van der Waals surface area (Å²) < 4.78 is 61.2. The minimum Gasteiger partial charge on any atom is -0.483 e. The predicted molar refractivity (Wildman–Crippen MR) is 155 cm³/mol. The first-order valence-electron chi connectivity index (χ1n) is 13.4. The van der Waals surface area contributed by atoms with Crippen LogP contribution in [0, 0.1) is 24.1 Å². The maximum Gasteiger partial charge on any atom is 0.412 e. The van der Waals surface area contributed by atoms with Crippen LogP contribution >= 0.6 is 11.3 Å². The monoisotopic (exact) mass is 620 g/mol. The van der Waals surface area contributed by atoms with Crippen LogP contribution in [0.5, 0.6) is 11.6 Å². The molecule has 1 aliphatic rings. The van der Waals surface area contributed by atoms with E-state index in [0.717, 1.165) is 5.56 Å². The maximum atomic E-state index is 15.3. The molecule has 1 fully saturated rings. The minimum atomic E-state index is -3.10. The molecule has 0 unspecified atom stereocenters. The van der Waals surface area contributed by atoms with E-state index in [-0.39, 0.29) is 23.4 Å². The maximum absolute atomic E-state index is 15.3. The molecule has 44 heavy (non-hydrogen) atoms. The summed E-state index contributed by atoms with van der Waals surface area (Å²) in [7, 11) is 1.50. The summed E-state index contributed by atoms with van der Waals surface area (Å²) in [5, 5.41) is 12.0. The second kappa shape index (κ2) is 11.6. The molecular weight excluding hydrogens is 597 g/mol. The number of nitrogens with zero attached hydrogens (tertiary/aromatic N) is 5. The average Bonchev–Trinajstić information content (AvgIpc) is 3.40. The SMILES string of the molecule is COc1cnc2c(-c3nc4cc(F)c(O[C@@H]5CC(F)(F)CC[C@@H]5OC(=O)Nc5cncc(C#N)c5)cc4s3)cc(C)cc2n1. The van der Waals surface area contributed by atoms with E-state index in [0.29, 0.717) is 37.7 Å². The number of nitrogens with one attached hydrogen (secondary N) is 1. The highest BCUT2D eigenvalue weighted by Gasteiger charge is 2.45. The topological polar surface area (TPSA) is 132 Å². The quantitative estimate of drug-likeness (QED) is 0.217. The van der Waals surface area contributed by atoms with Crippen LogP contribution in [0.1, 0.15) is 30.4 Å². The number of carbonyl (C=O) groups is 1. The van der Waals surface area contributed by atoms with Crippen LogP contribution < -0.4 is 14.8 Å². The number of nitriles is 1. The first-order chi connectivity index (χ1) is 21.1. The number of halogens is 3. The fraction of sp³-hybridized carbons (Fsp3) is 0.267. The normalized spacial score (nSPS) is 17.6. The molecule has 5 aromatic rings. The lowest BCUT2D eigenvalue weighted by molar-refractivity contribution is -0.114. The van der Waals surface area contributed by atoms with Crippen molar-refractivity contribution in [3.63, 3.8) is 0 Å². The Bertz CT molecular complexity index is 1950. The van der Waals surface area contributed by atoms with Crippen LogP contribution in [0.3, 0.4) is 0 Å². The van der Waals surface area contributed by atoms with Gasteiger partial charge in [-0.2, -0.15) is 5.26 Å². The van der Waals surface area contributed by atoms with Crippen molar-refractivity contribution in [3.05, 3.63) is 65.9 Å². The number of hydrogen-bond donors (Lipinski definition) is 1. The van der Waals surface area contributed by atoms with Gasteiger partial charge in [-0.15, -0.1) is 11.3 Å². The summed E-state index contributed by atoms with van der Waals surface area (Å²) in [5.74, 6) is -3.81. The molecule has 1 N–H and O–H groups in total. The molecule has 0 radical (unpaired) electrons. The van der Waals surface area contributed by atoms with Gasteiger partial charge in [-0.3, -0.25) is 10.3 Å². The zero-order valence-corrected chi connectivity index (χ0v) is 24.1. The Morgan fingerprint density at radius 1 is 1.11 bits per heavy atom. The minimum absolute atomic E-state index is 0.191. The number of pyridine rings is 1. The highest BCUT2D eigenvalue weighted by Crippen LogP contribution is 2.40. The molecule has 0 aliphatic heterocycles. The molecule has 6 rings (SSSR count). The molecule has 0 saturated heterocycles. The van der Waals surface area contributed by atoms with Crippen LogP contribution in [0.2, 0.25) is 0 Å². The van der Waals surface area contributed by atoms with Crippen molar-refractivity contribution in [2.45, 2.75) is 44.3 Å². The molecule has 1 saturated carbocycles. The van der Waals surface area contributed by atoms with Crippen molar-refractivity contribution in [2.24, 2.45) is 0 Å². The lowest BCUT2D eigenvalue weighted by Gasteiger charge is -2.35. The van der Waals surface area contributed by atoms with Gasteiger partial charge in [0.1, 0.15) is 23.3 Å². The van der Waals surface area contributed by atoms with E-state index in [9.17, 15) is 13.6 Å². The number of amides is 1. The van der Waals surface area contributed by atoms with E-state index in [1.807, 2.05) is 25.1 Å². The molecule has 2 aromatic carbocycles. The zero-order chi connectivity index (χ0) is 31.0. The Morgan fingerprint density at radius 2 is 1.95 bits per heavy atom. The number of fused-ring (bicyclic) bond motifs is 2. The Kier molecular flexibility index (Phi) is 7.64. The van der Waals surface area contributed by atoms with Gasteiger partial charge in [0.25, 0.3) is 5.92 Å². The number of ether oxygens (including phenoxy) is 3. The number of rotatable bonds is 6. The lowest BCUT2D eigenvalue weighted by atomic mass is 9.91. The predicted octanol–water partition coefficient (Wildman–Crippen LogP) is 6.81. The van der Waals surface area contributed by atoms with E-state index in [1.54, 1.807) is 0 Å². The van der Waals surface area contributed by atoms with Gasteiger partial charge in [0.05, 0.1) is 58.4 Å². The van der Waals surface area contributed by atoms with Gasteiger partial charge in [0.2, 0.25) is 5.88 Å². The molecule has 224 valence electrons. The fourth-order valence-corrected chi connectivity index (χ4v) is 5.97. The summed E-state index contributed by atoms with van der Waals surface area (Å²) in [4.78, 5) is 30.0. The summed E-state index contributed by atoms with van der Waals surface area (Å²) in [6.45, 7) is 1.90. The number of anilines is 1. The van der Waals surface area contributed by atoms with Crippen LogP contribution in [-0.2, 0) is 4.74 Å². The summed E-state index contributed by atoms with van der Waals surface area (Å²) in [6, 6.07) is 9.63. The Hall–Kier alpha value is -5.03. The van der Waals surface area contributed by atoms with Gasteiger partial charge in [-0.1, -0.05) is 0 Å². The highest BCUT2D eigenvalue weighted by molar-refractivity contribution is 7.21.